The summed E-state index contributed by atoms with van der Waals surface area (Å²) in [4.78, 5) is 37.0. The van der Waals surface area contributed by atoms with E-state index in [1.54, 1.807) is 31.4 Å². The van der Waals surface area contributed by atoms with Crippen LogP contribution in [0.15, 0.2) is 33.2 Å². The molecule has 1 amide bonds. The number of carbonyl (C=O) groups excluding carboxylic acids is 1. The fraction of sp³-hybridized carbons (Fsp3) is 0.250. The molecule has 0 spiro atoms. The summed E-state index contributed by atoms with van der Waals surface area (Å²) in [5, 5.41) is 4.10. The highest BCUT2D eigenvalue weighted by atomic mass is 32.1. The molecule has 9 heteroatoms. The monoisotopic (exact) mass is 362 g/mol. The summed E-state index contributed by atoms with van der Waals surface area (Å²) >= 11 is 1.04. The number of fused-ring (bicyclic) bond motifs is 1. The van der Waals surface area contributed by atoms with Gasteiger partial charge in [-0.05, 0) is 43.1 Å². The van der Waals surface area contributed by atoms with Gasteiger partial charge in [-0.2, -0.15) is 4.37 Å². The maximum Gasteiger partial charge on any atom is 0.332 e. The molecule has 25 heavy (non-hydrogen) atoms. The van der Waals surface area contributed by atoms with Crippen molar-refractivity contribution in [2.45, 2.75) is 26.9 Å². The van der Waals surface area contributed by atoms with E-state index in [-0.39, 0.29) is 18.6 Å². The molecule has 0 fully saturated rings. The maximum absolute atomic E-state index is 13.6. The van der Waals surface area contributed by atoms with Gasteiger partial charge in [-0.1, -0.05) is 6.07 Å². The Morgan fingerprint density at radius 1 is 1.32 bits per heavy atom. The normalized spacial score (nSPS) is 11.0. The van der Waals surface area contributed by atoms with Gasteiger partial charge in [0.1, 0.15) is 12.4 Å². The van der Waals surface area contributed by atoms with Crippen LogP contribution in [0.25, 0.3) is 11.0 Å². The number of anilines is 1. The Morgan fingerprint density at radius 2 is 2.08 bits per heavy atom. The van der Waals surface area contributed by atoms with Crippen molar-refractivity contribution in [1.29, 1.82) is 0 Å². The smallest absolute Gasteiger partial charge is 0.324 e. The van der Waals surface area contributed by atoms with Crippen molar-refractivity contribution >= 4 is 34.2 Å². The molecule has 0 saturated heterocycles. The van der Waals surface area contributed by atoms with Crippen molar-refractivity contribution < 1.29 is 9.18 Å². The summed E-state index contributed by atoms with van der Waals surface area (Å²) in [6, 6.07) is 4.34. The van der Waals surface area contributed by atoms with Crippen molar-refractivity contribution in [2.24, 2.45) is 0 Å². The van der Waals surface area contributed by atoms with Crippen molar-refractivity contribution in [3.8, 4) is 0 Å². The van der Waals surface area contributed by atoms with E-state index < -0.39 is 23.0 Å². The molecule has 2 aromatic heterocycles. The van der Waals surface area contributed by atoms with Crippen molar-refractivity contribution in [3.63, 3.8) is 0 Å². The third-order valence-electron chi connectivity index (χ3n) is 3.82. The minimum absolute atomic E-state index is 0.153. The van der Waals surface area contributed by atoms with Crippen LogP contribution >= 0.6 is 11.5 Å². The lowest BCUT2D eigenvalue weighted by Gasteiger charge is -2.11. The third kappa shape index (κ3) is 3.10. The average molecular weight is 362 g/mol. The lowest BCUT2D eigenvalue weighted by molar-refractivity contribution is -0.116. The number of hydrogen-bond acceptors (Lipinski definition) is 5. The van der Waals surface area contributed by atoms with Gasteiger partial charge in [0, 0.05) is 17.6 Å². The Balaban J connectivity index is 1.96. The lowest BCUT2D eigenvalue weighted by atomic mass is 10.2. The quantitative estimate of drug-likeness (QED) is 0.766. The van der Waals surface area contributed by atoms with E-state index >= 15 is 0 Å². The highest BCUT2D eigenvalue weighted by Crippen LogP contribution is 2.14. The molecule has 0 aliphatic carbocycles. The van der Waals surface area contributed by atoms with E-state index in [0.29, 0.717) is 16.8 Å². The SMILES string of the molecule is CCn1c(=O)c2nscc2n(CC(=O)Nc2ccc(C)c(F)c2)c1=O. The van der Waals surface area contributed by atoms with Gasteiger partial charge in [0.15, 0.2) is 5.52 Å². The van der Waals surface area contributed by atoms with Crippen LogP contribution in [0.3, 0.4) is 0 Å². The molecule has 130 valence electrons. The first-order valence-electron chi connectivity index (χ1n) is 7.56. The molecule has 0 bridgehead atoms. The van der Waals surface area contributed by atoms with E-state index in [0.717, 1.165) is 16.1 Å². The Labute approximate surface area is 145 Å². The summed E-state index contributed by atoms with van der Waals surface area (Å²) in [5.74, 6) is -0.932. The van der Waals surface area contributed by atoms with Crippen LogP contribution in [-0.2, 0) is 17.9 Å². The van der Waals surface area contributed by atoms with Gasteiger partial charge in [-0.25, -0.2) is 9.18 Å². The predicted molar refractivity (Wildman–Crippen MR) is 93.6 cm³/mol. The fourth-order valence-corrected chi connectivity index (χ4v) is 3.15. The van der Waals surface area contributed by atoms with E-state index in [2.05, 4.69) is 9.69 Å². The number of carbonyl (C=O) groups is 1. The molecule has 3 aromatic rings. The fourth-order valence-electron chi connectivity index (χ4n) is 2.48. The first kappa shape index (κ1) is 17.0. The Hall–Kier alpha value is -2.81. The van der Waals surface area contributed by atoms with Gasteiger partial charge in [0.05, 0.1) is 5.52 Å². The molecule has 1 N–H and O–H groups in total. The number of nitrogens with zero attached hydrogens (tertiary/aromatic N) is 3. The minimum Gasteiger partial charge on any atom is -0.324 e. The van der Waals surface area contributed by atoms with E-state index in [4.69, 9.17) is 0 Å². The zero-order chi connectivity index (χ0) is 18.1. The number of aryl methyl sites for hydroxylation is 1. The highest BCUT2D eigenvalue weighted by Gasteiger charge is 2.16. The summed E-state index contributed by atoms with van der Waals surface area (Å²) in [5.41, 5.74) is 0.182. The van der Waals surface area contributed by atoms with Crippen LogP contribution in [0.4, 0.5) is 10.1 Å². The van der Waals surface area contributed by atoms with E-state index in [1.165, 1.54) is 10.6 Å². The van der Waals surface area contributed by atoms with Crippen LogP contribution in [-0.4, -0.2) is 19.4 Å². The van der Waals surface area contributed by atoms with E-state index in [9.17, 15) is 18.8 Å². The summed E-state index contributed by atoms with van der Waals surface area (Å²) in [6.07, 6.45) is 0. The van der Waals surface area contributed by atoms with Crippen molar-refractivity contribution in [2.75, 3.05) is 5.32 Å². The molecule has 0 saturated carbocycles. The van der Waals surface area contributed by atoms with Crippen LogP contribution < -0.4 is 16.6 Å². The van der Waals surface area contributed by atoms with E-state index in [1.807, 2.05) is 0 Å². The molecule has 7 nitrogen and oxygen atoms in total. The third-order valence-corrected chi connectivity index (χ3v) is 4.44. The van der Waals surface area contributed by atoms with Crippen molar-refractivity contribution in [1.82, 2.24) is 13.5 Å². The number of benzene rings is 1. The van der Waals surface area contributed by atoms with Gasteiger partial charge in [-0.15, -0.1) is 0 Å². The number of halogens is 1. The number of amides is 1. The summed E-state index contributed by atoms with van der Waals surface area (Å²) in [7, 11) is 0. The summed E-state index contributed by atoms with van der Waals surface area (Å²) in [6.45, 7) is 3.16. The van der Waals surface area contributed by atoms with Gasteiger partial charge in [0.25, 0.3) is 5.56 Å². The second-order valence-corrected chi connectivity index (χ2v) is 6.11. The predicted octanol–water partition coefficient (Wildman–Crippen LogP) is 1.73. The van der Waals surface area contributed by atoms with Crippen LogP contribution in [0.5, 0.6) is 0 Å². The molecular formula is C16H15FN4O3S. The zero-order valence-corrected chi connectivity index (χ0v) is 14.4. The molecule has 0 aliphatic rings. The molecule has 0 atom stereocenters. The Bertz CT molecular complexity index is 1080. The molecule has 0 aliphatic heterocycles. The molecule has 2 heterocycles. The molecule has 1 aromatic carbocycles. The van der Waals surface area contributed by atoms with Crippen LogP contribution in [0.1, 0.15) is 12.5 Å². The Kier molecular flexibility index (Phi) is 4.49. The zero-order valence-electron chi connectivity index (χ0n) is 13.6. The lowest BCUT2D eigenvalue weighted by Crippen LogP contribution is -2.41. The standard InChI is InChI=1S/C16H15FN4O3S/c1-3-20-15(23)14-12(8-25-19-14)21(16(20)24)7-13(22)18-10-5-4-9(2)11(17)6-10/h4-6,8H,3,7H2,1-2H3,(H,18,22). The maximum atomic E-state index is 13.6. The van der Waals surface area contributed by atoms with Gasteiger partial charge in [-0.3, -0.25) is 18.7 Å². The molecule has 0 unspecified atom stereocenters. The number of rotatable bonds is 4. The first-order valence-corrected chi connectivity index (χ1v) is 8.39. The largest absolute Gasteiger partial charge is 0.332 e. The highest BCUT2D eigenvalue weighted by molar-refractivity contribution is 7.04. The molecule has 3 rings (SSSR count). The van der Waals surface area contributed by atoms with Crippen LogP contribution in [0, 0.1) is 12.7 Å². The number of nitrogens with one attached hydrogen (secondary N) is 1. The molecule has 0 radical (unpaired) electrons. The average Bonchev–Trinajstić information content (AvgIpc) is 3.05. The molecular weight excluding hydrogens is 347 g/mol. The van der Waals surface area contributed by atoms with Crippen molar-refractivity contribution in [3.05, 3.63) is 55.8 Å². The van der Waals surface area contributed by atoms with Gasteiger partial charge < -0.3 is 5.32 Å². The summed E-state index contributed by atoms with van der Waals surface area (Å²) < 4.78 is 19.8. The first-order chi connectivity index (χ1) is 11.9. The number of aromatic nitrogens is 3. The minimum atomic E-state index is -0.578. The van der Waals surface area contributed by atoms with Gasteiger partial charge >= 0.3 is 5.69 Å². The number of hydrogen-bond donors (Lipinski definition) is 1. The topological polar surface area (TPSA) is 86.0 Å². The van der Waals surface area contributed by atoms with Crippen LogP contribution in [0.2, 0.25) is 0 Å². The second-order valence-electron chi connectivity index (χ2n) is 5.48. The van der Waals surface area contributed by atoms with Gasteiger partial charge in [0.2, 0.25) is 5.91 Å². The second kappa shape index (κ2) is 6.60. The Morgan fingerprint density at radius 3 is 2.76 bits per heavy atom.